The van der Waals surface area contributed by atoms with E-state index in [-0.39, 0.29) is 11.8 Å². The van der Waals surface area contributed by atoms with Crippen LogP contribution in [-0.4, -0.2) is 49.2 Å². The second kappa shape index (κ2) is 7.92. The van der Waals surface area contributed by atoms with E-state index in [1.807, 2.05) is 6.07 Å². The number of amides is 1. The van der Waals surface area contributed by atoms with Crippen molar-refractivity contribution in [1.29, 1.82) is 0 Å². The number of nitrogens with zero attached hydrogens (tertiary/aromatic N) is 2. The van der Waals surface area contributed by atoms with Crippen molar-refractivity contribution in [3.05, 3.63) is 30.3 Å². The molecule has 1 aliphatic carbocycles. The maximum absolute atomic E-state index is 13.2. The first-order chi connectivity index (χ1) is 13.1. The summed E-state index contributed by atoms with van der Waals surface area (Å²) in [5.41, 5.74) is 0. The molecule has 0 aromatic heterocycles. The van der Waals surface area contributed by atoms with E-state index in [9.17, 15) is 13.2 Å². The van der Waals surface area contributed by atoms with E-state index < -0.39 is 10.0 Å². The zero-order chi connectivity index (χ0) is 18.9. The summed E-state index contributed by atoms with van der Waals surface area (Å²) in [5.74, 6) is 0.950. The van der Waals surface area contributed by atoms with Crippen molar-refractivity contribution < 1.29 is 13.2 Å². The van der Waals surface area contributed by atoms with Gasteiger partial charge >= 0.3 is 0 Å². The predicted molar refractivity (Wildman–Crippen MR) is 105 cm³/mol. The van der Waals surface area contributed by atoms with Crippen LogP contribution in [0.15, 0.2) is 35.2 Å². The highest BCUT2D eigenvalue weighted by Gasteiger charge is 2.39. The average molecular weight is 391 g/mol. The number of benzene rings is 1. The Bertz CT molecular complexity index is 755. The Morgan fingerprint density at radius 3 is 2.26 bits per heavy atom. The highest BCUT2D eigenvalue weighted by molar-refractivity contribution is 7.89. The molecule has 148 valence electrons. The summed E-state index contributed by atoms with van der Waals surface area (Å²) in [6.07, 6.45) is 8.62. The fourth-order valence-electron chi connectivity index (χ4n) is 5.22. The van der Waals surface area contributed by atoms with E-state index in [4.69, 9.17) is 0 Å². The van der Waals surface area contributed by atoms with Crippen LogP contribution < -0.4 is 0 Å². The Labute approximate surface area is 162 Å². The van der Waals surface area contributed by atoms with Gasteiger partial charge < -0.3 is 4.90 Å². The van der Waals surface area contributed by atoms with Crippen LogP contribution in [0, 0.1) is 11.8 Å². The minimum absolute atomic E-state index is 0.0205. The van der Waals surface area contributed by atoms with Crippen molar-refractivity contribution in [3.63, 3.8) is 0 Å². The lowest BCUT2D eigenvalue weighted by Crippen LogP contribution is -2.53. The molecular weight excluding hydrogens is 360 g/mol. The zero-order valence-corrected chi connectivity index (χ0v) is 16.7. The number of rotatable bonds is 3. The molecular formula is C21H30N2O3S. The van der Waals surface area contributed by atoms with Gasteiger partial charge in [0.25, 0.3) is 0 Å². The molecule has 6 heteroatoms. The number of carbonyl (C=O) groups is 1. The third-order valence-electron chi connectivity index (χ3n) is 6.71. The number of hydrogen-bond donors (Lipinski definition) is 0. The summed E-state index contributed by atoms with van der Waals surface area (Å²) in [6, 6.07) is 9.04. The molecule has 3 aliphatic rings. The van der Waals surface area contributed by atoms with Gasteiger partial charge in [0.1, 0.15) is 0 Å². The summed E-state index contributed by atoms with van der Waals surface area (Å²) in [5, 5.41) is 0. The third kappa shape index (κ3) is 3.79. The normalized spacial score (nSPS) is 27.9. The molecule has 1 aromatic rings. The summed E-state index contributed by atoms with van der Waals surface area (Å²) in [4.78, 5) is 15.7. The first kappa shape index (κ1) is 18.9. The van der Waals surface area contributed by atoms with Crippen LogP contribution in [0.4, 0.5) is 0 Å². The molecule has 1 aromatic carbocycles. The van der Waals surface area contributed by atoms with Crippen LogP contribution in [0.3, 0.4) is 0 Å². The van der Waals surface area contributed by atoms with Crippen LogP contribution in [0.5, 0.6) is 0 Å². The maximum atomic E-state index is 13.2. The van der Waals surface area contributed by atoms with Crippen LogP contribution in [0.1, 0.15) is 51.4 Å². The highest BCUT2D eigenvalue weighted by Crippen LogP contribution is 2.37. The van der Waals surface area contributed by atoms with Gasteiger partial charge in [0.2, 0.25) is 15.9 Å². The molecule has 0 unspecified atom stereocenters. The molecule has 2 heterocycles. The Morgan fingerprint density at radius 2 is 1.52 bits per heavy atom. The molecule has 0 N–H and O–H groups in total. The van der Waals surface area contributed by atoms with E-state index in [2.05, 4.69) is 4.90 Å². The molecule has 5 nitrogen and oxygen atoms in total. The van der Waals surface area contributed by atoms with Gasteiger partial charge in [-0.25, -0.2) is 8.42 Å². The molecule has 1 amide bonds. The molecule has 0 bridgehead atoms. The van der Waals surface area contributed by atoms with Gasteiger partial charge in [-0.15, -0.1) is 0 Å². The van der Waals surface area contributed by atoms with E-state index >= 15 is 0 Å². The molecule has 27 heavy (non-hydrogen) atoms. The fourth-order valence-corrected chi connectivity index (χ4v) is 6.71. The van der Waals surface area contributed by atoms with Crippen LogP contribution in [-0.2, 0) is 14.8 Å². The molecule has 1 saturated carbocycles. The lowest BCUT2D eigenvalue weighted by atomic mass is 9.77. The smallest absolute Gasteiger partial charge is 0.243 e. The first-order valence-electron chi connectivity index (χ1n) is 10.4. The van der Waals surface area contributed by atoms with Crippen molar-refractivity contribution in [2.45, 2.75) is 62.3 Å². The predicted octanol–water partition coefficient (Wildman–Crippen LogP) is 3.27. The van der Waals surface area contributed by atoms with Crippen molar-refractivity contribution in [1.82, 2.24) is 9.21 Å². The number of carbonyl (C=O) groups excluding carboxylic acids is 1. The monoisotopic (exact) mass is 390 g/mol. The molecule has 3 fully saturated rings. The van der Waals surface area contributed by atoms with Gasteiger partial charge in [0, 0.05) is 31.6 Å². The van der Waals surface area contributed by atoms with E-state index in [1.165, 1.54) is 25.7 Å². The molecule has 4 rings (SSSR count). The molecule has 2 atom stereocenters. The first-order valence-corrected chi connectivity index (χ1v) is 11.9. The molecule has 2 aliphatic heterocycles. The van der Waals surface area contributed by atoms with Gasteiger partial charge in [0.15, 0.2) is 0 Å². The van der Waals surface area contributed by atoms with Gasteiger partial charge in [-0.1, -0.05) is 31.0 Å². The van der Waals surface area contributed by atoms with Crippen LogP contribution in [0.2, 0.25) is 0 Å². The number of piperidine rings is 2. The standard InChI is InChI=1S/C21H30N2O3S/c24-21(23-14-6-8-17-7-4-5-11-20(17)23)18-12-15-22(16-13-18)27(25,26)19-9-2-1-3-10-19/h1-3,9-10,17-18,20H,4-8,11-16H2/t17-,20-/m0/s1. The van der Waals surface area contributed by atoms with E-state index in [1.54, 1.807) is 28.6 Å². The second-order valence-electron chi connectivity index (χ2n) is 8.28. The van der Waals surface area contributed by atoms with Gasteiger partial charge in [-0.05, 0) is 56.6 Å². The summed E-state index contributed by atoms with van der Waals surface area (Å²) in [7, 11) is -3.45. The lowest BCUT2D eigenvalue weighted by molar-refractivity contribution is -0.143. The minimum atomic E-state index is -3.45. The SMILES string of the molecule is O=C(C1CCN(S(=O)(=O)c2ccccc2)CC1)N1CCC[C@@H]2CCCC[C@@H]21. The second-order valence-corrected chi connectivity index (χ2v) is 10.2. The van der Waals surface area contributed by atoms with Gasteiger partial charge in [-0.3, -0.25) is 4.79 Å². The highest BCUT2D eigenvalue weighted by atomic mass is 32.2. The Hall–Kier alpha value is -1.40. The quantitative estimate of drug-likeness (QED) is 0.796. The Kier molecular flexibility index (Phi) is 5.55. The topological polar surface area (TPSA) is 57.7 Å². The Morgan fingerprint density at radius 1 is 0.852 bits per heavy atom. The van der Waals surface area contributed by atoms with E-state index in [0.717, 1.165) is 19.4 Å². The number of sulfonamides is 1. The van der Waals surface area contributed by atoms with Crippen molar-refractivity contribution in [3.8, 4) is 0 Å². The third-order valence-corrected chi connectivity index (χ3v) is 8.62. The van der Waals surface area contributed by atoms with Crippen molar-refractivity contribution in [2.75, 3.05) is 19.6 Å². The molecule has 2 saturated heterocycles. The largest absolute Gasteiger partial charge is 0.339 e. The number of likely N-dealkylation sites (tertiary alicyclic amines) is 1. The maximum Gasteiger partial charge on any atom is 0.243 e. The summed E-state index contributed by atoms with van der Waals surface area (Å²) >= 11 is 0. The number of fused-ring (bicyclic) bond motifs is 1. The van der Waals surface area contributed by atoms with Gasteiger partial charge in [0.05, 0.1) is 4.90 Å². The Balaban J connectivity index is 1.39. The van der Waals surface area contributed by atoms with E-state index in [0.29, 0.717) is 42.8 Å². The average Bonchev–Trinajstić information content (AvgIpc) is 2.73. The van der Waals surface area contributed by atoms with Gasteiger partial charge in [-0.2, -0.15) is 4.31 Å². The summed E-state index contributed by atoms with van der Waals surface area (Å²) < 4.78 is 27.1. The molecule has 0 spiro atoms. The minimum Gasteiger partial charge on any atom is -0.339 e. The van der Waals surface area contributed by atoms with Crippen molar-refractivity contribution in [2.24, 2.45) is 11.8 Å². The number of hydrogen-bond acceptors (Lipinski definition) is 3. The summed E-state index contributed by atoms with van der Waals surface area (Å²) in [6.45, 7) is 1.77. The fraction of sp³-hybridized carbons (Fsp3) is 0.667. The van der Waals surface area contributed by atoms with Crippen LogP contribution >= 0.6 is 0 Å². The van der Waals surface area contributed by atoms with Crippen molar-refractivity contribution >= 4 is 15.9 Å². The molecule has 0 radical (unpaired) electrons. The zero-order valence-electron chi connectivity index (χ0n) is 15.9. The lowest BCUT2D eigenvalue weighted by Gasteiger charge is -2.46. The van der Waals surface area contributed by atoms with Crippen LogP contribution in [0.25, 0.3) is 0 Å².